The van der Waals surface area contributed by atoms with E-state index in [9.17, 15) is 0 Å². The lowest BCUT2D eigenvalue weighted by molar-refractivity contribution is 0.692. The Morgan fingerprint density at radius 1 is 1.19 bits per heavy atom. The molecule has 0 aromatic heterocycles. The smallest absolute Gasteiger partial charge is 0.0635 e. The molecule has 1 rings (SSSR count). The van der Waals surface area contributed by atoms with Gasteiger partial charge in [0.2, 0.25) is 0 Å². The van der Waals surface area contributed by atoms with Gasteiger partial charge in [-0.2, -0.15) is 5.26 Å². The molecule has 16 heavy (non-hydrogen) atoms. The first kappa shape index (κ1) is 12.7. The van der Waals surface area contributed by atoms with Crippen LogP contribution in [0.15, 0.2) is 24.3 Å². The highest BCUT2D eigenvalue weighted by molar-refractivity contribution is 5.24. The van der Waals surface area contributed by atoms with Crippen LogP contribution in [0.2, 0.25) is 0 Å². The highest BCUT2D eigenvalue weighted by Crippen LogP contribution is 2.14. The number of hydrogen-bond acceptors (Lipinski definition) is 2. The summed E-state index contributed by atoms with van der Waals surface area (Å²) in [4.78, 5) is 0. The van der Waals surface area contributed by atoms with Crippen LogP contribution in [0, 0.1) is 11.3 Å². The molecule has 2 nitrogen and oxygen atoms in total. The molecule has 0 spiro atoms. The van der Waals surface area contributed by atoms with Crippen molar-refractivity contribution in [2.45, 2.75) is 32.6 Å². The van der Waals surface area contributed by atoms with Crippen molar-refractivity contribution in [2.75, 3.05) is 13.1 Å². The summed E-state index contributed by atoms with van der Waals surface area (Å²) < 4.78 is 0. The second kappa shape index (κ2) is 7.03. The topological polar surface area (TPSA) is 35.8 Å². The van der Waals surface area contributed by atoms with Crippen LogP contribution in [0.3, 0.4) is 0 Å². The quantitative estimate of drug-likeness (QED) is 0.742. The Morgan fingerprint density at radius 3 is 2.44 bits per heavy atom. The van der Waals surface area contributed by atoms with Crippen LogP contribution in [0.5, 0.6) is 0 Å². The number of nitriles is 1. The number of rotatable bonds is 6. The Balaban J connectivity index is 2.30. The van der Waals surface area contributed by atoms with E-state index in [1.54, 1.807) is 0 Å². The fraction of sp³-hybridized carbons (Fsp3) is 0.500. The van der Waals surface area contributed by atoms with Crippen LogP contribution >= 0.6 is 0 Å². The monoisotopic (exact) mass is 216 g/mol. The zero-order valence-electron chi connectivity index (χ0n) is 10.2. The fourth-order valence-electron chi connectivity index (χ4n) is 1.57. The van der Waals surface area contributed by atoms with Gasteiger partial charge in [-0.3, -0.25) is 0 Å². The molecule has 0 fully saturated rings. The normalized spacial score (nSPS) is 10.4. The summed E-state index contributed by atoms with van der Waals surface area (Å²) >= 11 is 0. The first-order valence-electron chi connectivity index (χ1n) is 5.90. The van der Waals surface area contributed by atoms with E-state index in [2.05, 4.69) is 49.5 Å². The van der Waals surface area contributed by atoms with Crippen LogP contribution in [0.4, 0.5) is 0 Å². The summed E-state index contributed by atoms with van der Waals surface area (Å²) in [6.45, 7) is 6.15. The van der Waals surface area contributed by atoms with Crippen molar-refractivity contribution in [3.8, 4) is 6.07 Å². The molecular weight excluding hydrogens is 196 g/mol. The van der Waals surface area contributed by atoms with Gasteiger partial charge < -0.3 is 5.32 Å². The summed E-state index contributed by atoms with van der Waals surface area (Å²) in [5, 5.41) is 11.6. The fourth-order valence-corrected chi connectivity index (χ4v) is 1.57. The lowest BCUT2D eigenvalue weighted by Crippen LogP contribution is -2.18. The van der Waals surface area contributed by atoms with Gasteiger partial charge in [0.1, 0.15) is 0 Å². The van der Waals surface area contributed by atoms with E-state index in [4.69, 9.17) is 5.26 Å². The molecule has 0 atom stereocenters. The molecular formula is C14H20N2. The summed E-state index contributed by atoms with van der Waals surface area (Å²) in [6, 6.07) is 10.9. The van der Waals surface area contributed by atoms with Gasteiger partial charge >= 0.3 is 0 Å². The van der Waals surface area contributed by atoms with Crippen LogP contribution in [-0.4, -0.2) is 13.1 Å². The number of hydrogen-bond donors (Lipinski definition) is 1. The lowest BCUT2D eigenvalue weighted by Gasteiger charge is -2.07. The average molecular weight is 216 g/mol. The van der Waals surface area contributed by atoms with Gasteiger partial charge in [0.05, 0.1) is 6.07 Å². The van der Waals surface area contributed by atoms with E-state index in [-0.39, 0.29) is 0 Å². The Hall–Kier alpha value is -1.33. The summed E-state index contributed by atoms with van der Waals surface area (Å²) in [6.07, 6.45) is 1.62. The maximum atomic E-state index is 8.38. The van der Waals surface area contributed by atoms with Gasteiger partial charge in [0.15, 0.2) is 0 Å². The molecule has 0 saturated carbocycles. The zero-order valence-corrected chi connectivity index (χ0v) is 10.2. The maximum absolute atomic E-state index is 8.38. The Kier molecular flexibility index (Phi) is 5.60. The largest absolute Gasteiger partial charge is 0.315 e. The Morgan fingerprint density at radius 2 is 1.88 bits per heavy atom. The van der Waals surface area contributed by atoms with E-state index < -0.39 is 0 Å². The second-order valence-corrected chi connectivity index (χ2v) is 4.30. The predicted molar refractivity (Wildman–Crippen MR) is 67.3 cm³/mol. The summed E-state index contributed by atoms with van der Waals surface area (Å²) in [5.41, 5.74) is 2.75. The van der Waals surface area contributed by atoms with Crippen LogP contribution in [0.1, 0.15) is 37.3 Å². The van der Waals surface area contributed by atoms with Gasteiger partial charge in [0.25, 0.3) is 0 Å². The minimum atomic E-state index is 0.590. The molecule has 0 bridgehead atoms. The van der Waals surface area contributed by atoms with Crippen LogP contribution in [-0.2, 0) is 6.42 Å². The average Bonchev–Trinajstić information content (AvgIpc) is 2.29. The molecule has 0 heterocycles. The molecule has 0 aliphatic carbocycles. The lowest BCUT2D eigenvalue weighted by atomic mass is 10.0. The van der Waals surface area contributed by atoms with E-state index >= 15 is 0 Å². The van der Waals surface area contributed by atoms with Crippen LogP contribution in [0.25, 0.3) is 0 Å². The molecule has 1 aromatic rings. The first-order valence-corrected chi connectivity index (χ1v) is 5.90. The molecule has 86 valence electrons. The van der Waals surface area contributed by atoms with Crippen molar-refractivity contribution >= 4 is 0 Å². The van der Waals surface area contributed by atoms with E-state index in [1.807, 2.05) is 0 Å². The number of nitrogens with one attached hydrogen (secondary N) is 1. The van der Waals surface area contributed by atoms with Gasteiger partial charge in [-0.15, -0.1) is 0 Å². The Bertz CT molecular complexity index is 333. The summed E-state index contributed by atoms with van der Waals surface area (Å²) in [7, 11) is 0. The van der Waals surface area contributed by atoms with E-state index in [1.165, 1.54) is 11.1 Å². The second-order valence-electron chi connectivity index (χ2n) is 4.30. The number of benzene rings is 1. The first-order chi connectivity index (χ1) is 7.74. The molecule has 2 heteroatoms. The standard InChI is InChI=1S/C14H20N2/c1-12(2)14-6-4-13(5-7-14)8-11-16-10-3-9-15/h4-7,12,16H,3,8,10-11H2,1-2H3. The highest BCUT2D eigenvalue weighted by atomic mass is 14.8. The van der Waals surface area contributed by atoms with Gasteiger partial charge in [-0.1, -0.05) is 38.1 Å². The van der Waals surface area contributed by atoms with Gasteiger partial charge in [0, 0.05) is 13.0 Å². The van der Waals surface area contributed by atoms with Crippen molar-refractivity contribution in [3.05, 3.63) is 35.4 Å². The number of nitrogens with zero attached hydrogens (tertiary/aromatic N) is 1. The van der Waals surface area contributed by atoms with Gasteiger partial charge in [-0.05, 0) is 30.0 Å². The van der Waals surface area contributed by atoms with Crippen molar-refractivity contribution in [1.82, 2.24) is 5.32 Å². The van der Waals surface area contributed by atoms with E-state index in [0.29, 0.717) is 12.3 Å². The third-order valence-corrected chi connectivity index (χ3v) is 2.65. The molecule has 0 aliphatic rings. The molecule has 1 aromatic carbocycles. The molecule has 0 saturated heterocycles. The SMILES string of the molecule is CC(C)c1ccc(CCNCCC#N)cc1. The molecule has 1 N–H and O–H groups in total. The minimum absolute atomic E-state index is 0.590. The van der Waals surface area contributed by atoms with Crippen molar-refractivity contribution in [1.29, 1.82) is 5.26 Å². The molecule has 0 unspecified atom stereocenters. The van der Waals surface area contributed by atoms with Crippen molar-refractivity contribution in [2.24, 2.45) is 0 Å². The Labute approximate surface area is 98.3 Å². The predicted octanol–water partition coefficient (Wildman–Crippen LogP) is 2.86. The zero-order chi connectivity index (χ0) is 11.8. The van der Waals surface area contributed by atoms with Crippen molar-refractivity contribution < 1.29 is 0 Å². The molecule has 0 amide bonds. The molecule has 0 radical (unpaired) electrons. The van der Waals surface area contributed by atoms with Crippen molar-refractivity contribution in [3.63, 3.8) is 0 Å². The highest BCUT2D eigenvalue weighted by Gasteiger charge is 1.98. The molecule has 0 aliphatic heterocycles. The van der Waals surface area contributed by atoms with Gasteiger partial charge in [-0.25, -0.2) is 0 Å². The minimum Gasteiger partial charge on any atom is -0.315 e. The van der Waals surface area contributed by atoms with Crippen LogP contribution < -0.4 is 5.32 Å². The van der Waals surface area contributed by atoms with E-state index in [0.717, 1.165) is 19.5 Å². The third-order valence-electron chi connectivity index (χ3n) is 2.65. The maximum Gasteiger partial charge on any atom is 0.0635 e. The summed E-state index contributed by atoms with van der Waals surface area (Å²) in [5.74, 6) is 0.600. The third kappa shape index (κ3) is 4.46.